The molecule has 1 saturated heterocycles. The highest BCUT2D eigenvalue weighted by molar-refractivity contribution is 6.31. The molecule has 1 saturated carbocycles. The molecule has 2 fully saturated rings. The standard InChI is InChI=1S/C21H27ClFN5O2/c1-15-25-20(26-30-15)21(7-2-3-8-21)24-13-19(29)28-11-9-27(10-12-28)14-16-17(22)5-4-6-18(16)23/h4-6,24H,2-3,7-14H2,1H3. The number of aryl methyl sites for hydroxylation is 1. The molecule has 0 radical (unpaired) electrons. The van der Waals surface area contributed by atoms with Gasteiger partial charge in [0.1, 0.15) is 5.82 Å². The van der Waals surface area contributed by atoms with Crippen molar-refractivity contribution in [2.75, 3.05) is 32.7 Å². The zero-order valence-electron chi connectivity index (χ0n) is 17.2. The Hall–Kier alpha value is -2.03. The van der Waals surface area contributed by atoms with Crippen LogP contribution >= 0.6 is 11.6 Å². The molecule has 2 aliphatic rings. The highest BCUT2D eigenvalue weighted by atomic mass is 35.5. The van der Waals surface area contributed by atoms with E-state index in [4.69, 9.17) is 16.1 Å². The van der Waals surface area contributed by atoms with Gasteiger partial charge in [0.15, 0.2) is 5.82 Å². The number of benzene rings is 1. The van der Waals surface area contributed by atoms with Crippen LogP contribution in [0.2, 0.25) is 5.02 Å². The topological polar surface area (TPSA) is 74.5 Å². The van der Waals surface area contributed by atoms with Gasteiger partial charge in [0.25, 0.3) is 0 Å². The molecule has 4 rings (SSSR count). The van der Waals surface area contributed by atoms with Gasteiger partial charge in [0.2, 0.25) is 11.8 Å². The van der Waals surface area contributed by atoms with Crippen molar-refractivity contribution < 1.29 is 13.7 Å². The molecule has 0 spiro atoms. The number of rotatable bonds is 6. The Morgan fingerprint density at radius 3 is 2.63 bits per heavy atom. The van der Waals surface area contributed by atoms with Gasteiger partial charge < -0.3 is 9.42 Å². The lowest BCUT2D eigenvalue weighted by Gasteiger charge is -2.36. The molecule has 30 heavy (non-hydrogen) atoms. The monoisotopic (exact) mass is 435 g/mol. The Bertz CT molecular complexity index is 871. The first-order chi connectivity index (χ1) is 14.5. The van der Waals surface area contributed by atoms with E-state index in [0.29, 0.717) is 55.0 Å². The molecule has 1 aliphatic carbocycles. The summed E-state index contributed by atoms with van der Waals surface area (Å²) >= 11 is 6.14. The summed E-state index contributed by atoms with van der Waals surface area (Å²) in [5.74, 6) is 0.959. The summed E-state index contributed by atoms with van der Waals surface area (Å²) in [6.45, 7) is 5.07. The molecule has 1 aliphatic heterocycles. The second-order valence-electron chi connectivity index (χ2n) is 8.14. The molecule has 9 heteroatoms. The number of nitrogens with zero attached hydrogens (tertiary/aromatic N) is 4. The lowest BCUT2D eigenvalue weighted by Crippen LogP contribution is -2.52. The number of aromatic nitrogens is 2. The van der Waals surface area contributed by atoms with Gasteiger partial charge >= 0.3 is 0 Å². The van der Waals surface area contributed by atoms with E-state index in [9.17, 15) is 9.18 Å². The number of piperazine rings is 1. The van der Waals surface area contributed by atoms with Crippen molar-refractivity contribution in [3.05, 3.63) is 46.3 Å². The predicted octanol–water partition coefficient (Wildman–Crippen LogP) is 2.87. The summed E-state index contributed by atoms with van der Waals surface area (Å²) in [5, 5.41) is 7.97. The molecule has 1 aromatic carbocycles. The summed E-state index contributed by atoms with van der Waals surface area (Å²) in [4.78, 5) is 21.2. The number of hydrogen-bond donors (Lipinski definition) is 1. The minimum absolute atomic E-state index is 0.0602. The first kappa shape index (κ1) is 21.2. The maximum Gasteiger partial charge on any atom is 0.236 e. The van der Waals surface area contributed by atoms with Crippen molar-refractivity contribution in [2.45, 2.75) is 44.7 Å². The molecule has 0 bridgehead atoms. The third-order valence-electron chi connectivity index (χ3n) is 6.16. The van der Waals surface area contributed by atoms with Crippen molar-refractivity contribution in [3.63, 3.8) is 0 Å². The summed E-state index contributed by atoms with van der Waals surface area (Å²) in [6.07, 6.45) is 3.95. The van der Waals surface area contributed by atoms with E-state index < -0.39 is 0 Å². The molecule has 0 atom stereocenters. The zero-order chi connectivity index (χ0) is 21.1. The number of halogens is 2. The van der Waals surface area contributed by atoms with E-state index in [2.05, 4.69) is 20.4 Å². The number of carbonyl (C=O) groups is 1. The van der Waals surface area contributed by atoms with Crippen LogP contribution in [-0.4, -0.2) is 58.6 Å². The van der Waals surface area contributed by atoms with Crippen LogP contribution in [0.3, 0.4) is 0 Å². The third kappa shape index (κ3) is 4.50. The van der Waals surface area contributed by atoms with E-state index in [-0.39, 0.29) is 23.8 Å². The van der Waals surface area contributed by atoms with Crippen molar-refractivity contribution in [1.29, 1.82) is 0 Å². The van der Waals surface area contributed by atoms with Crippen LogP contribution in [0.25, 0.3) is 0 Å². The van der Waals surface area contributed by atoms with Crippen LogP contribution in [0.5, 0.6) is 0 Å². The molecule has 0 unspecified atom stereocenters. The molecule has 162 valence electrons. The minimum atomic E-state index is -0.378. The van der Waals surface area contributed by atoms with E-state index in [1.54, 1.807) is 19.1 Å². The van der Waals surface area contributed by atoms with Crippen LogP contribution in [0.1, 0.15) is 43.0 Å². The van der Waals surface area contributed by atoms with Crippen molar-refractivity contribution in [1.82, 2.24) is 25.3 Å². The fraction of sp³-hybridized carbons (Fsp3) is 0.571. The lowest BCUT2D eigenvalue weighted by atomic mass is 9.96. The van der Waals surface area contributed by atoms with Gasteiger partial charge in [-0.1, -0.05) is 35.7 Å². The molecule has 2 heterocycles. The lowest BCUT2D eigenvalue weighted by molar-refractivity contribution is -0.132. The van der Waals surface area contributed by atoms with Gasteiger partial charge in [-0.15, -0.1) is 0 Å². The van der Waals surface area contributed by atoms with Gasteiger partial charge in [-0.2, -0.15) is 4.98 Å². The maximum atomic E-state index is 14.0. The van der Waals surface area contributed by atoms with E-state index in [0.717, 1.165) is 25.7 Å². The van der Waals surface area contributed by atoms with Gasteiger partial charge in [-0.25, -0.2) is 4.39 Å². The number of amides is 1. The first-order valence-corrected chi connectivity index (χ1v) is 10.8. The Labute approximate surface area is 180 Å². The average molecular weight is 436 g/mol. The molecule has 1 N–H and O–H groups in total. The summed E-state index contributed by atoms with van der Waals surface area (Å²) in [5.41, 5.74) is 0.135. The maximum absolute atomic E-state index is 14.0. The van der Waals surface area contributed by atoms with Gasteiger partial charge in [-0.05, 0) is 25.0 Å². The molecular formula is C21H27ClFN5O2. The number of carbonyl (C=O) groups excluding carboxylic acids is 1. The Kier molecular flexibility index (Phi) is 6.36. The smallest absolute Gasteiger partial charge is 0.236 e. The van der Waals surface area contributed by atoms with Gasteiger partial charge in [-0.3, -0.25) is 15.0 Å². The Morgan fingerprint density at radius 2 is 2.00 bits per heavy atom. The highest BCUT2D eigenvalue weighted by Gasteiger charge is 2.40. The molecular weight excluding hydrogens is 409 g/mol. The summed E-state index contributed by atoms with van der Waals surface area (Å²) in [6, 6.07) is 4.74. The van der Waals surface area contributed by atoms with Crippen molar-refractivity contribution >= 4 is 17.5 Å². The number of hydrogen-bond acceptors (Lipinski definition) is 6. The average Bonchev–Trinajstić information content (AvgIpc) is 3.39. The largest absolute Gasteiger partial charge is 0.340 e. The minimum Gasteiger partial charge on any atom is -0.340 e. The highest BCUT2D eigenvalue weighted by Crippen LogP contribution is 2.37. The Morgan fingerprint density at radius 1 is 1.27 bits per heavy atom. The molecule has 1 aromatic heterocycles. The third-order valence-corrected chi connectivity index (χ3v) is 6.51. The van der Waals surface area contributed by atoms with Crippen LogP contribution in [0.15, 0.2) is 22.7 Å². The van der Waals surface area contributed by atoms with E-state index >= 15 is 0 Å². The molecule has 1 amide bonds. The van der Waals surface area contributed by atoms with Crippen LogP contribution in [-0.2, 0) is 16.9 Å². The van der Waals surface area contributed by atoms with Crippen LogP contribution in [0.4, 0.5) is 4.39 Å². The van der Waals surface area contributed by atoms with Gasteiger partial charge in [0, 0.05) is 50.2 Å². The van der Waals surface area contributed by atoms with Crippen LogP contribution < -0.4 is 5.32 Å². The van der Waals surface area contributed by atoms with Crippen LogP contribution in [0, 0.1) is 12.7 Å². The van der Waals surface area contributed by atoms with E-state index in [1.165, 1.54) is 6.07 Å². The predicted molar refractivity (Wildman–Crippen MR) is 110 cm³/mol. The quantitative estimate of drug-likeness (QED) is 0.752. The van der Waals surface area contributed by atoms with Crippen molar-refractivity contribution in [3.8, 4) is 0 Å². The summed E-state index contributed by atoms with van der Waals surface area (Å²) < 4.78 is 19.2. The summed E-state index contributed by atoms with van der Waals surface area (Å²) in [7, 11) is 0. The second-order valence-corrected chi connectivity index (χ2v) is 8.54. The van der Waals surface area contributed by atoms with Crippen molar-refractivity contribution in [2.24, 2.45) is 0 Å². The first-order valence-electron chi connectivity index (χ1n) is 10.5. The SMILES string of the molecule is Cc1nc(C2(NCC(=O)N3CCN(Cc4c(F)cccc4Cl)CC3)CCCC2)no1. The normalized spacial score (nSPS) is 19.4. The van der Waals surface area contributed by atoms with E-state index in [1.807, 2.05) is 4.90 Å². The van der Waals surface area contributed by atoms with Gasteiger partial charge in [0.05, 0.1) is 12.1 Å². The molecule has 2 aromatic rings. The number of nitrogens with one attached hydrogen (secondary N) is 1. The fourth-order valence-electron chi connectivity index (χ4n) is 4.37. The fourth-order valence-corrected chi connectivity index (χ4v) is 4.59. The molecule has 7 nitrogen and oxygen atoms in total. The Balaban J connectivity index is 1.30. The zero-order valence-corrected chi connectivity index (χ0v) is 17.9. The second kappa shape index (κ2) is 8.99.